The van der Waals surface area contributed by atoms with Gasteiger partial charge < -0.3 is 9.73 Å². The summed E-state index contributed by atoms with van der Waals surface area (Å²) in [6, 6.07) is 9.23. The Morgan fingerprint density at radius 2 is 1.88 bits per heavy atom. The van der Waals surface area contributed by atoms with Gasteiger partial charge in [0, 0.05) is 12.1 Å². The number of nitrogens with one attached hydrogen (secondary N) is 2. The van der Waals surface area contributed by atoms with Crippen LogP contribution in [0.3, 0.4) is 0 Å². The van der Waals surface area contributed by atoms with Crippen molar-refractivity contribution in [3.8, 4) is 0 Å². The molecule has 0 aliphatic carbocycles. The zero-order chi connectivity index (χ0) is 17.6. The van der Waals surface area contributed by atoms with Crippen molar-refractivity contribution in [2.45, 2.75) is 31.7 Å². The van der Waals surface area contributed by atoms with Crippen LogP contribution in [-0.2, 0) is 16.6 Å². The van der Waals surface area contributed by atoms with Crippen LogP contribution in [-0.4, -0.2) is 20.9 Å². The Hall–Kier alpha value is -2.12. The zero-order valence-electron chi connectivity index (χ0n) is 13.8. The largest absolute Gasteiger partial charge is 0.468 e. The molecule has 2 aromatic rings. The smallest absolute Gasteiger partial charge is 0.251 e. The number of rotatable bonds is 8. The van der Waals surface area contributed by atoms with Gasteiger partial charge in [0.05, 0.1) is 17.7 Å². The van der Waals surface area contributed by atoms with Gasteiger partial charge in [-0.15, -0.1) is 0 Å². The number of carbonyl (C=O) groups excluding carboxylic acids is 1. The molecule has 1 aromatic carbocycles. The second-order valence-corrected chi connectivity index (χ2v) is 7.63. The lowest BCUT2D eigenvalue weighted by Crippen LogP contribution is -2.26. The normalized spacial score (nSPS) is 11.6. The number of furan rings is 1. The van der Waals surface area contributed by atoms with Crippen LogP contribution < -0.4 is 10.0 Å². The van der Waals surface area contributed by atoms with Gasteiger partial charge in [0.15, 0.2) is 0 Å². The first-order valence-corrected chi connectivity index (χ1v) is 9.27. The molecule has 0 fully saturated rings. The minimum absolute atomic E-state index is 0.0762. The van der Waals surface area contributed by atoms with Gasteiger partial charge in [0.25, 0.3) is 5.91 Å². The fourth-order valence-electron chi connectivity index (χ4n) is 2.02. The lowest BCUT2D eigenvalue weighted by Gasteiger charge is -2.08. The van der Waals surface area contributed by atoms with Gasteiger partial charge in [-0.05, 0) is 48.7 Å². The van der Waals surface area contributed by atoms with E-state index in [0.717, 1.165) is 6.42 Å². The molecule has 0 aliphatic rings. The Morgan fingerprint density at radius 3 is 2.46 bits per heavy atom. The highest BCUT2D eigenvalue weighted by Crippen LogP contribution is 2.12. The maximum atomic E-state index is 12.2. The van der Waals surface area contributed by atoms with Crippen molar-refractivity contribution in [2.75, 3.05) is 6.54 Å². The minimum atomic E-state index is -3.65. The molecule has 0 saturated carbocycles. The predicted molar refractivity (Wildman–Crippen MR) is 91.0 cm³/mol. The summed E-state index contributed by atoms with van der Waals surface area (Å²) in [5.74, 6) is 0.834. The van der Waals surface area contributed by atoms with Gasteiger partial charge in [0.2, 0.25) is 10.0 Å². The van der Waals surface area contributed by atoms with E-state index in [0.29, 0.717) is 23.8 Å². The van der Waals surface area contributed by atoms with E-state index in [1.807, 2.05) is 0 Å². The van der Waals surface area contributed by atoms with Crippen molar-refractivity contribution in [1.29, 1.82) is 0 Å². The molecule has 24 heavy (non-hydrogen) atoms. The highest BCUT2D eigenvalue weighted by molar-refractivity contribution is 7.89. The quantitative estimate of drug-likeness (QED) is 0.766. The van der Waals surface area contributed by atoms with Crippen LogP contribution in [0.5, 0.6) is 0 Å². The summed E-state index contributed by atoms with van der Waals surface area (Å²) in [6.07, 6.45) is 2.38. The second kappa shape index (κ2) is 8.12. The summed E-state index contributed by atoms with van der Waals surface area (Å²) in [6.45, 7) is 4.84. The molecule has 0 unspecified atom stereocenters. The van der Waals surface area contributed by atoms with Crippen LogP contribution >= 0.6 is 0 Å². The summed E-state index contributed by atoms with van der Waals surface area (Å²) in [5.41, 5.74) is 0.434. The number of hydrogen-bond donors (Lipinski definition) is 2. The minimum Gasteiger partial charge on any atom is -0.468 e. The molecule has 130 valence electrons. The van der Waals surface area contributed by atoms with Crippen LogP contribution in [0, 0.1) is 5.92 Å². The first-order chi connectivity index (χ1) is 11.4. The Morgan fingerprint density at radius 1 is 1.17 bits per heavy atom. The predicted octanol–water partition coefficient (Wildman–Crippen LogP) is 2.53. The zero-order valence-corrected chi connectivity index (χ0v) is 14.6. The van der Waals surface area contributed by atoms with Crippen molar-refractivity contribution < 1.29 is 17.6 Å². The number of hydrogen-bond acceptors (Lipinski definition) is 4. The van der Waals surface area contributed by atoms with E-state index in [-0.39, 0.29) is 17.3 Å². The fraction of sp³-hybridized carbons (Fsp3) is 0.353. The molecule has 0 radical (unpaired) electrons. The molecular weight excluding hydrogens is 328 g/mol. The molecule has 6 nitrogen and oxygen atoms in total. The number of benzene rings is 1. The molecule has 0 saturated heterocycles. The summed E-state index contributed by atoms with van der Waals surface area (Å²) < 4.78 is 31.9. The van der Waals surface area contributed by atoms with E-state index in [9.17, 15) is 13.2 Å². The molecule has 0 bridgehead atoms. The van der Waals surface area contributed by atoms with Gasteiger partial charge >= 0.3 is 0 Å². The molecule has 2 N–H and O–H groups in total. The first kappa shape index (κ1) is 18.2. The van der Waals surface area contributed by atoms with Crippen LogP contribution in [0.1, 0.15) is 36.4 Å². The third-order valence-electron chi connectivity index (χ3n) is 3.45. The number of sulfonamides is 1. The Balaban J connectivity index is 1.96. The lowest BCUT2D eigenvalue weighted by atomic mass is 10.1. The fourth-order valence-corrected chi connectivity index (χ4v) is 3.02. The van der Waals surface area contributed by atoms with Crippen molar-refractivity contribution in [3.05, 3.63) is 54.0 Å². The van der Waals surface area contributed by atoms with E-state index in [2.05, 4.69) is 23.9 Å². The van der Waals surface area contributed by atoms with E-state index >= 15 is 0 Å². The molecule has 1 heterocycles. The van der Waals surface area contributed by atoms with Crippen molar-refractivity contribution >= 4 is 15.9 Å². The second-order valence-electron chi connectivity index (χ2n) is 5.87. The van der Waals surface area contributed by atoms with E-state index in [4.69, 9.17) is 4.42 Å². The average Bonchev–Trinajstić information content (AvgIpc) is 3.06. The summed E-state index contributed by atoms with van der Waals surface area (Å²) in [5, 5.41) is 2.82. The van der Waals surface area contributed by atoms with Crippen molar-refractivity contribution in [1.82, 2.24) is 10.0 Å². The summed E-state index contributed by atoms with van der Waals surface area (Å²) >= 11 is 0. The third kappa shape index (κ3) is 5.21. The maximum Gasteiger partial charge on any atom is 0.251 e. The Kier molecular flexibility index (Phi) is 6.16. The number of amides is 1. The molecule has 1 aromatic heterocycles. The molecule has 0 atom stereocenters. The van der Waals surface area contributed by atoms with Gasteiger partial charge in [-0.25, -0.2) is 13.1 Å². The molecule has 0 aliphatic heterocycles. The standard InChI is InChI=1S/C17H22N2O4S/c1-13(2)9-10-18-17(20)14-5-7-16(8-6-14)24(21,22)19-12-15-4-3-11-23-15/h3-8,11,13,19H,9-10,12H2,1-2H3,(H,18,20). The van der Waals surface area contributed by atoms with E-state index < -0.39 is 10.0 Å². The van der Waals surface area contributed by atoms with E-state index in [1.54, 1.807) is 12.1 Å². The summed E-state index contributed by atoms with van der Waals surface area (Å²) in [7, 11) is -3.65. The highest BCUT2D eigenvalue weighted by Gasteiger charge is 2.15. The Bertz CT molecular complexity index is 750. The van der Waals surface area contributed by atoms with Gasteiger partial charge in [-0.2, -0.15) is 0 Å². The topological polar surface area (TPSA) is 88.4 Å². The van der Waals surface area contributed by atoms with E-state index in [1.165, 1.54) is 30.5 Å². The molecular formula is C17H22N2O4S. The lowest BCUT2D eigenvalue weighted by molar-refractivity contribution is 0.0952. The molecule has 2 rings (SSSR count). The van der Waals surface area contributed by atoms with Gasteiger partial charge in [-0.1, -0.05) is 13.8 Å². The Labute approximate surface area is 142 Å². The number of carbonyl (C=O) groups is 1. The van der Waals surface area contributed by atoms with Gasteiger partial charge in [0.1, 0.15) is 5.76 Å². The third-order valence-corrected chi connectivity index (χ3v) is 4.87. The monoisotopic (exact) mass is 350 g/mol. The first-order valence-electron chi connectivity index (χ1n) is 7.79. The average molecular weight is 350 g/mol. The molecule has 7 heteroatoms. The highest BCUT2D eigenvalue weighted by atomic mass is 32.2. The maximum absolute atomic E-state index is 12.2. The van der Waals surface area contributed by atoms with Crippen LogP contribution in [0.15, 0.2) is 52.0 Å². The molecule has 0 spiro atoms. The summed E-state index contributed by atoms with van der Waals surface area (Å²) in [4.78, 5) is 12.1. The SMILES string of the molecule is CC(C)CCNC(=O)c1ccc(S(=O)(=O)NCc2ccco2)cc1. The van der Waals surface area contributed by atoms with Crippen molar-refractivity contribution in [2.24, 2.45) is 5.92 Å². The van der Waals surface area contributed by atoms with Gasteiger partial charge in [-0.3, -0.25) is 4.79 Å². The van der Waals surface area contributed by atoms with Crippen molar-refractivity contribution in [3.63, 3.8) is 0 Å². The molecule has 1 amide bonds. The van der Waals surface area contributed by atoms with Crippen LogP contribution in [0.25, 0.3) is 0 Å². The van der Waals surface area contributed by atoms with Crippen LogP contribution in [0.2, 0.25) is 0 Å². The van der Waals surface area contributed by atoms with Crippen LogP contribution in [0.4, 0.5) is 0 Å².